The van der Waals surface area contributed by atoms with Crippen molar-refractivity contribution in [3.63, 3.8) is 0 Å². The van der Waals surface area contributed by atoms with Gasteiger partial charge in [0.05, 0.1) is 11.4 Å². The molecule has 0 bridgehead atoms. The largest absolute Gasteiger partial charge is 0.398 e. The molecule has 2 aromatic carbocycles. The number of nitrogens with two attached hydrogens (primary N) is 1. The monoisotopic (exact) mass is 394 g/mol. The zero-order valence-corrected chi connectivity index (χ0v) is 13.8. The minimum absolute atomic E-state index is 0.0250. The fourth-order valence-corrected chi connectivity index (χ4v) is 3.80. The summed E-state index contributed by atoms with van der Waals surface area (Å²) in [7, 11) is -3.82. The Labute approximate surface area is 135 Å². The summed E-state index contributed by atoms with van der Waals surface area (Å²) in [6.45, 7) is 0. The van der Waals surface area contributed by atoms with Crippen molar-refractivity contribution in [2.75, 3.05) is 10.5 Å². The summed E-state index contributed by atoms with van der Waals surface area (Å²) in [5.74, 6) is 0. The summed E-state index contributed by atoms with van der Waals surface area (Å²) in [6.07, 6.45) is 0. The van der Waals surface area contributed by atoms with Gasteiger partial charge in [0.2, 0.25) is 0 Å². The molecule has 0 unspecified atom stereocenters. The van der Waals surface area contributed by atoms with Crippen LogP contribution in [0.2, 0.25) is 10.0 Å². The summed E-state index contributed by atoms with van der Waals surface area (Å²) in [4.78, 5) is -0.0250. The topological polar surface area (TPSA) is 72.2 Å². The van der Waals surface area contributed by atoms with E-state index in [1.54, 1.807) is 6.07 Å². The van der Waals surface area contributed by atoms with Gasteiger partial charge in [-0.25, -0.2) is 8.42 Å². The van der Waals surface area contributed by atoms with Crippen LogP contribution in [-0.2, 0) is 10.0 Å². The SMILES string of the molecule is Nc1ccc(Br)cc1S(=O)(=O)Nc1cc(Cl)cc(Cl)c1. The average molecular weight is 396 g/mol. The van der Waals surface area contributed by atoms with Gasteiger partial charge in [0, 0.05) is 14.5 Å². The molecule has 0 aliphatic rings. The number of hydrogen-bond donors (Lipinski definition) is 2. The van der Waals surface area contributed by atoms with E-state index in [0.717, 1.165) is 0 Å². The van der Waals surface area contributed by atoms with Crippen molar-refractivity contribution in [3.8, 4) is 0 Å². The van der Waals surface area contributed by atoms with Crippen LogP contribution in [0.25, 0.3) is 0 Å². The molecule has 0 saturated carbocycles. The third-order valence-electron chi connectivity index (χ3n) is 2.38. The summed E-state index contributed by atoms with van der Waals surface area (Å²) in [6, 6.07) is 9.00. The van der Waals surface area contributed by atoms with Crippen molar-refractivity contribution >= 4 is 60.5 Å². The minimum Gasteiger partial charge on any atom is -0.398 e. The first-order chi connectivity index (χ1) is 9.28. The maximum Gasteiger partial charge on any atom is 0.263 e. The number of nitrogen functional groups attached to an aromatic ring is 1. The van der Waals surface area contributed by atoms with E-state index in [-0.39, 0.29) is 16.3 Å². The van der Waals surface area contributed by atoms with Gasteiger partial charge in [0.25, 0.3) is 10.0 Å². The van der Waals surface area contributed by atoms with Crippen molar-refractivity contribution in [2.24, 2.45) is 0 Å². The lowest BCUT2D eigenvalue weighted by atomic mass is 10.3. The average Bonchev–Trinajstić information content (AvgIpc) is 2.30. The van der Waals surface area contributed by atoms with Crippen LogP contribution in [0, 0.1) is 0 Å². The number of rotatable bonds is 3. The molecule has 0 aromatic heterocycles. The second kappa shape index (κ2) is 5.81. The lowest BCUT2D eigenvalue weighted by Gasteiger charge is -2.11. The smallest absolute Gasteiger partial charge is 0.263 e. The molecular formula is C12H9BrCl2N2O2S. The van der Waals surface area contributed by atoms with E-state index in [2.05, 4.69) is 20.7 Å². The van der Waals surface area contributed by atoms with Crippen LogP contribution >= 0.6 is 39.1 Å². The van der Waals surface area contributed by atoms with Crippen LogP contribution in [-0.4, -0.2) is 8.42 Å². The number of sulfonamides is 1. The van der Waals surface area contributed by atoms with Gasteiger partial charge in [-0.05, 0) is 36.4 Å². The van der Waals surface area contributed by atoms with Crippen LogP contribution in [0.4, 0.5) is 11.4 Å². The molecule has 20 heavy (non-hydrogen) atoms. The standard InChI is InChI=1S/C12H9BrCl2N2O2S/c13-7-1-2-11(16)12(3-7)20(18,19)17-10-5-8(14)4-9(15)6-10/h1-6,17H,16H2. The molecule has 0 spiro atoms. The summed E-state index contributed by atoms with van der Waals surface area (Å²) in [5.41, 5.74) is 6.11. The number of halogens is 3. The second-order valence-electron chi connectivity index (χ2n) is 3.95. The Balaban J connectivity index is 2.43. The number of benzene rings is 2. The predicted molar refractivity (Wildman–Crippen MR) is 85.8 cm³/mol. The molecule has 8 heteroatoms. The Kier molecular flexibility index (Phi) is 4.49. The van der Waals surface area contributed by atoms with Gasteiger partial charge in [-0.3, -0.25) is 4.72 Å². The highest BCUT2D eigenvalue weighted by molar-refractivity contribution is 9.10. The fraction of sp³-hybridized carbons (Fsp3) is 0. The summed E-state index contributed by atoms with van der Waals surface area (Å²) < 4.78 is 27.6. The van der Waals surface area contributed by atoms with Gasteiger partial charge in [0.15, 0.2) is 0 Å². The molecule has 2 rings (SSSR count). The van der Waals surface area contributed by atoms with Gasteiger partial charge in [0.1, 0.15) is 4.90 Å². The van der Waals surface area contributed by atoms with Crippen molar-refractivity contribution < 1.29 is 8.42 Å². The predicted octanol–water partition coefficient (Wildman–Crippen LogP) is 4.14. The Hall–Kier alpha value is -0.950. The van der Waals surface area contributed by atoms with Gasteiger partial charge in [-0.2, -0.15) is 0 Å². The lowest BCUT2D eigenvalue weighted by Crippen LogP contribution is -2.14. The first kappa shape index (κ1) is 15.4. The van der Waals surface area contributed by atoms with Crippen LogP contribution < -0.4 is 10.5 Å². The molecule has 0 atom stereocenters. The van der Waals surface area contributed by atoms with Crippen LogP contribution in [0.5, 0.6) is 0 Å². The van der Waals surface area contributed by atoms with E-state index in [1.165, 1.54) is 30.3 Å². The van der Waals surface area contributed by atoms with Gasteiger partial charge in [-0.1, -0.05) is 39.1 Å². The van der Waals surface area contributed by atoms with Crippen molar-refractivity contribution in [1.29, 1.82) is 0 Å². The fourth-order valence-electron chi connectivity index (χ4n) is 1.56. The highest BCUT2D eigenvalue weighted by atomic mass is 79.9. The number of nitrogens with one attached hydrogen (secondary N) is 1. The van der Waals surface area contributed by atoms with Crippen LogP contribution in [0.15, 0.2) is 45.8 Å². The molecule has 0 aliphatic carbocycles. The summed E-state index contributed by atoms with van der Waals surface area (Å²) in [5, 5.41) is 0.662. The Bertz CT molecular complexity index is 746. The minimum atomic E-state index is -3.82. The molecule has 0 heterocycles. The Morgan fingerprint density at radius 2 is 1.65 bits per heavy atom. The molecule has 4 nitrogen and oxygen atoms in total. The molecule has 0 aliphatic heterocycles. The summed E-state index contributed by atoms with van der Waals surface area (Å²) >= 11 is 14.9. The highest BCUT2D eigenvalue weighted by Crippen LogP contribution is 2.28. The number of anilines is 2. The quantitative estimate of drug-likeness (QED) is 0.767. The third-order valence-corrected chi connectivity index (χ3v) is 4.75. The van der Waals surface area contributed by atoms with Gasteiger partial charge >= 0.3 is 0 Å². The Morgan fingerprint density at radius 3 is 2.25 bits per heavy atom. The van der Waals surface area contributed by atoms with E-state index in [1.807, 2.05) is 0 Å². The molecule has 2 aromatic rings. The van der Waals surface area contributed by atoms with Crippen molar-refractivity contribution in [3.05, 3.63) is 50.9 Å². The second-order valence-corrected chi connectivity index (χ2v) is 7.39. The molecule has 0 saturated heterocycles. The van der Waals surface area contributed by atoms with Gasteiger partial charge < -0.3 is 5.73 Å². The maximum absolute atomic E-state index is 12.3. The molecule has 0 radical (unpaired) electrons. The Morgan fingerprint density at radius 1 is 1.05 bits per heavy atom. The normalized spacial score (nSPS) is 11.3. The van der Waals surface area contributed by atoms with E-state index < -0.39 is 10.0 Å². The zero-order chi connectivity index (χ0) is 14.9. The first-order valence-electron chi connectivity index (χ1n) is 5.32. The first-order valence-corrected chi connectivity index (χ1v) is 8.35. The molecule has 0 amide bonds. The zero-order valence-electron chi connectivity index (χ0n) is 9.90. The van der Waals surface area contributed by atoms with Crippen molar-refractivity contribution in [2.45, 2.75) is 4.90 Å². The highest BCUT2D eigenvalue weighted by Gasteiger charge is 2.18. The van der Waals surface area contributed by atoms with Gasteiger partial charge in [-0.15, -0.1) is 0 Å². The van der Waals surface area contributed by atoms with Crippen LogP contribution in [0.3, 0.4) is 0 Å². The van der Waals surface area contributed by atoms with Crippen LogP contribution in [0.1, 0.15) is 0 Å². The number of hydrogen-bond acceptors (Lipinski definition) is 3. The lowest BCUT2D eigenvalue weighted by molar-refractivity contribution is 0.601. The maximum atomic E-state index is 12.3. The third kappa shape index (κ3) is 3.58. The van der Waals surface area contributed by atoms with E-state index in [9.17, 15) is 8.42 Å². The molecule has 106 valence electrons. The molecular weight excluding hydrogens is 387 g/mol. The van der Waals surface area contributed by atoms with E-state index >= 15 is 0 Å². The van der Waals surface area contributed by atoms with E-state index in [0.29, 0.717) is 14.5 Å². The molecule has 0 fully saturated rings. The molecule has 3 N–H and O–H groups in total. The van der Waals surface area contributed by atoms with E-state index in [4.69, 9.17) is 28.9 Å². The van der Waals surface area contributed by atoms with Crippen molar-refractivity contribution in [1.82, 2.24) is 0 Å².